The smallest absolute Gasteiger partial charge is 0.221 e. The number of rotatable bonds is 5. The minimum Gasteiger partial charge on any atom is -0.378 e. The maximum atomic E-state index is 13.1. The van der Waals surface area contributed by atoms with Gasteiger partial charge in [0.15, 0.2) is 0 Å². The van der Waals surface area contributed by atoms with Crippen molar-refractivity contribution in [2.75, 3.05) is 26.3 Å². The lowest BCUT2D eigenvalue weighted by Crippen LogP contribution is -2.44. The Bertz CT molecular complexity index is 650. The Hall–Kier alpha value is -1.92. The number of halogens is 1. The van der Waals surface area contributed by atoms with Crippen LogP contribution in [0.3, 0.4) is 0 Å². The third-order valence-electron chi connectivity index (χ3n) is 3.88. The predicted molar refractivity (Wildman–Crippen MR) is 82.2 cm³/mol. The number of aromatic nitrogens is 1. The monoisotopic (exact) mass is 305 g/mol. The predicted octanol–water partition coefficient (Wildman–Crippen LogP) is 1.34. The second-order valence-electron chi connectivity index (χ2n) is 5.53. The number of H-pyrrole nitrogens is 1. The zero-order valence-electron chi connectivity index (χ0n) is 12.3. The van der Waals surface area contributed by atoms with Gasteiger partial charge in [-0.1, -0.05) is 0 Å². The molecule has 0 spiro atoms. The molecule has 0 aliphatic carbocycles. The van der Waals surface area contributed by atoms with Gasteiger partial charge in [-0.15, -0.1) is 0 Å². The molecule has 118 valence electrons. The fourth-order valence-electron chi connectivity index (χ4n) is 2.75. The van der Waals surface area contributed by atoms with E-state index in [4.69, 9.17) is 4.74 Å². The van der Waals surface area contributed by atoms with Gasteiger partial charge in [0, 0.05) is 42.7 Å². The highest BCUT2D eigenvalue weighted by molar-refractivity contribution is 5.83. The van der Waals surface area contributed by atoms with Crippen molar-refractivity contribution in [3.8, 4) is 0 Å². The van der Waals surface area contributed by atoms with E-state index in [1.54, 1.807) is 6.07 Å². The van der Waals surface area contributed by atoms with Gasteiger partial charge in [0.25, 0.3) is 0 Å². The summed E-state index contributed by atoms with van der Waals surface area (Å²) in [5, 5.41) is 7.18. The number of hydrogen-bond donors (Lipinski definition) is 3. The van der Waals surface area contributed by atoms with Crippen LogP contribution in [0.25, 0.3) is 10.9 Å². The van der Waals surface area contributed by atoms with Crippen LogP contribution in [0.2, 0.25) is 0 Å². The van der Waals surface area contributed by atoms with Crippen LogP contribution in [0.4, 0.5) is 4.39 Å². The van der Waals surface area contributed by atoms with E-state index in [0.717, 1.165) is 23.0 Å². The molecule has 3 rings (SSSR count). The molecule has 6 heteroatoms. The van der Waals surface area contributed by atoms with E-state index in [2.05, 4.69) is 15.6 Å². The zero-order chi connectivity index (χ0) is 15.4. The zero-order valence-corrected chi connectivity index (χ0v) is 12.3. The van der Waals surface area contributed by atoms with Gasteiger partial charge in [0.1, 0.15) is 5.82 Å². The Morgan fingerprint density at radius 3 is 3.18 bits per heavy atom. The largest absolute Gasteiger partial charge is 0.378 e. The fourth-order valence-corrected chi connectivity index (χ4v) is 2.75. The molecule has 1 aliphatic heterocycles. The summed E-state index contributed by atoms with van der Waals surface area (Å²) in [7, 11) is 0. The highest BCUT2D eigenvalue weighted by Gasteiger charge is 2.16. The van der Waals surface area contributed by atoms with E-state index in [0.29, 0.717) is 32.6 Å². The van der Waals surface area contributed by atoms with Gasteiger partial charge in [0.2, 0.25) is 5.91 Å². The summed E-state index contributed by atoms with van der Waals surface area (Å²) in [6, 6.07) is 4.80. The molecular formula is C16H20FN3O2. The van der Waals surface area contributed by atoms with Crippen molar-refractivity contribution in [1.29, 1.82) is 0 Å². The first-order chi connectivity index (χ1) is 10.7. The molecule has 2 heterocycles. The SMILES string of the molecule is O=C(CC1COCCN1)NCCc1c[nH]c2cc(F)ccc12. The maximum Gasteiger partial charge on any atom is 0.221 e. The maximum absolute atomic E-state index is 13.1. The number of fused-ring (bicyclic) bond motifs is 1. The fraction of sp³-hybridized carbons (Fsp3) is 0.438. The molecule has 0 bridgehead atoms. The van der Waals surface area contributed by atoms with Crippen molar-refractivity contribution < 1.29 is 13.9 Å². The van der Waals surface area contributed by atoms with Crippen LogP contribution >= 0.6 is 0 Å². The standard InChI is InChI=1S/C16H20FN3O2/c17-12-1-2-14-11(9-20-15(14)7-12)3-4-19-16(21)8-13-10-22-6-5-18-13/h1-2,7,9,13,18,20H,3-6,8,10H2,(H,19,21). The molecule has 3 N–H and O–H groups in total. The Labute approximate surface area is 128 Å². The average molecular weight is 305 g/mol. The van der Waals surface area contributed by atoms with Crippen molar-refractivity contribution in [1.82, 2.24) is 15.6 Å². The second-order valence-corrected chi connectivity index (χ2v) is 5.53. The summed E-state index contributed by atoms with van der Waals surface area (Å²) >= 11 is 0. The number of hydrogen-bond acceptors (Lipinski definition) is 3. The van der Waals surface area contributed by atoms with Crippen molar-refractivity contribution in [3.63, 3.8) is 0 Å². The quantitative estimate of drug-likeness (QED) is 0.781. The van der Waals surface area contributed by atoms with Gasteiger partial charge in [-0.25, -0.2) is 4.39 Å². The first-order valence-corrected chi connectivity index (χ1v) is 7.56. The molecular weight excluding hydrogens is 285 g/mol. The first-order valence-electron chi connectivity index (χ1n) is 7.56. The van der Waals surface area contributed by atoms with Crippen LogP contribution in [0.5, 0.6) is 0 Å². The van der Waals surface area contributed by atoms with Gasteiger partial charge in [-0.05, 0) is 30.2 Å². The number of carbonyl (C=O) groups is 1. The number of nitrogens with one attached hydrogen (secondary N) is 3. The van der Waals surface area contributed by atoms with Gasteiger partial charge in [0.05, 0.1) is 13.2 Å². The molecule has 1 aromatic heterocycles. The Morgan fingerprint density at radius 2 is 2.36 bits per heavy atom. The van der Waals surface area contributed by atoms with Gasteiger partial charge in [-0.2, -0.15) is 0 Å². The van der Waals surface area contributed by atoms with Crippen LogP contribution < -0.4 is 10.6 Å². The van der Waals surface area contributed by atoms with E-state index in [9.17, 15) is 9.18 Å². The molecule has 5 nitrogen and oxygen atoms in total. The third-order valence-corrected chi connectivity index (χ3v) is 3.88. The normalized spacial score (nSPS) is 18.5. The van der Waals surface area contributed by atoms with Crippen LogP contribution in [0.15, 0.2) is 24.4 Å². The van der Waals surface area contributed by atoms with Crippen LogP contribution in [-0.2, 0) is 16.0 Å². The first kappa shape index (κ1) is 15.0. The van der Waals surface area contributed by atoms with Crippen molar-refractivity contribution >= 4 is 16.8 Å². The molecule has 1 fully saturated rings. The molecule has 0 radical (unpaired) electrons. The second kappa shape index (κ2) is 6.89. The minimum atomic E-state index is -0.253. The number of amides is 1. The molecule has 1 atom stereocenters. The number of carbonyl (C=O) groups excluding carboxylic acids is 1. The lowest BCUT2D eigenvalue weighted by atomic mass is 10.1. The summed E-state index contributed by atoms with van der Waals surface area (Å²) in [4.78, 5) is 14.9. The topological polar surface area (TPSA) is 66.2 Å². The van der Waals surface area contributed by atoms with E-state index in [1.807, 2.05) is 6.20 Å². The summed E-state index contributed by atoms with van der Waals surface area (Å²) in [5.74, 6) is -0.231. The highest BCUT2D eigenvalue weighted by Crippen LogP contribution is 2.19. The lowest BCUT2D eigenvalue weighted by molar-refractivity contribution is -0.122. The summed E-state index contributed by atoms with van der Waals surface area (Å²) in [6.07, 6.45) is 3.01. The van der Waals surface area contributed by atoms with Crippen molar-refractivity contribution in [3.05, 3.63) is 35.8 Å². The van der Waals surface area contributed by atoms with Crippen molar-refractivity contribution in [2.24, 2.45) is 0 Å². The van der Waals surface area contributed by atoms with E-state index >= 15 is 0 Å². The Kier molecular flexibility index (Phi) is 4.70. The highest BCUT2D eigenvalue weighted by atomic mass is 19.1. The Morgan fingerprint density at radius 1 is 1.45 bits per heavy atom. The molecule has 0 saturated carbocycles. The average Bonchev–Trinajstić information content (AvgIpc) is 2.90. The van der Waals surface area contributed by atoms with Crippen LogP contribution in [0.1, 0.15) is 12.0 Å². The van der Waals surface area contributed by atoms with Gasteiger partial charge >= 0.3 is 0 Å². The van der Waals surface area contributed by atoms with E-state index in [1.165, 1.54) is 12.1 Å². The molecule has 1 saturated heterocycles. The van der Waals surface area contributed by atoms with Crippen molar-refractivity contribution in [2.45, 2.75) is 18.9 Å². The molecule has 1 aromatic carbocycles. The molecule has 1 unspecified atom stereocenters. The molecule has 2 aromatic rings. The third kappa shape index (κ3) is 3.64. The number of benzene rings is 1. The van der Waals surface area contributed by atoms with Crippen LogP contribution in [-0.4, -0.2) is 43.2 Å². The number of morpholine rings is 1. The summed E-state index contributed by atoms with van der Waals surface area (Å²) < 4.78 is 18.5. The lowest BCUT2D eigenvalue weighted by Gasteiger charge is -2.23. The summed E-state index contributed by atoms with van der Waals surface area (Å²) in [6.45, 7) is 2.65. The minimum absolute atomic E-state index is 0.0221. The molecule has 1 aliphatic rings. The van der Waals surface area contributed by atoms with Crippen LogP contribution in [0, 0.1) is 5.82 Å². The Balaban J connectivity index is 1.48. The van der Waals surface area contributed by atoms with Gasteiger partial charge in [-0.3, -0.25) is 4.79 Å². The van der Waals surface area contributed by atoms with E-state index in [-0.39, 0.29) is 17.8 Å². The van der Waals surface area contributed by atoms with Gasteiger partial charge < -0.3 is 20.4 Å². The molecule has 1 amide bonds. The molecule has 22 heavy (non-hydrogen) atoms. The number of aromatic amines is 1. The van der Waals surface area contributed by atoms with E-state index < -0.39 is 0 Å². The number of ether oxygens (including phenoxy) is 1. The summed E-state index contributed by atoms with van der Waals surface area (Å²) in [5.41, 5.74) is 1.86.